The third kappa shape index (κ3) is 7.43. The number of guanidine groups is 1. The van der Waals surface area contributed by atoms with Crippen molar-refractivity contribution in [1.29, 1.82) is 0 Å². The minimum Gasteiger partial charge on any atom is -0.480 e. The first-order valence-corrected chi connectivity index (χ1v) is 7.91. The standard InChI is InChI=1S/C13H30N3.C2H4O3/c1-7-14-13(15(8-2)9-3)16(10-4,11-5)12-6;3-1-2(4)5/h7-12H2,1-6H3;3H,1H2,(H,4,5)/q+1;. The molecule has 0 aliphatic carbocycles. The highest BCUT2D eigenvalue weighted by atomic mass is 16.4. The monoisotopic (exact) mass is 304 g/mol. The van der Waals surface area contributed by atoms with Crippen molar-refractivity contribution in [2.24, 2.45) is 4.99 Å². The molecule has 0 aliphatic rings. The highest BCUT2D eigenvalue weighted by molar-refractivity contribution is 5.73. The molecule has 0 unspecified atom stereocenters. The fraction of sp³-hybridized carbons (Fsp3) is 0.867. The maximum atomic E-state index is 9.12. The van der Waals surface area contributed by atoms with Gasteiger partial charge in [0.1, 0.15) is 6.61 Å². The van der Waals surface area contributed by atoms with Crippen molar-refractivity contribution in [3.05, 3.63) is 0 Å². The summed E-state index contributed by atoms with van der Waals surface area (Å²) in [5.74, 6) is 0.0880. The molecule has 0 spiro atoms. The fourth-order valence-electron chi connectivity index (χ4n) is 2.29. The minimum atomic E-state index is -1.19. The average molecular weight is 304 g/mol. The summed E-state index contributed by atoms with van der Waals surface area (Å²) in [6.45, 7) is 18.9. The Morgan fingerprint density at radius 2 is 1.38 bits per heavy atom. The zero-order valence-electron chi connectivity index (χ0n) is 14.6. The number of hydrogen-bond donors (Lipinski definition) is 2. The van der Waals surface area contributed by atoms with E-state index in [-0.39, 0.29) is 0 Å². The molecule has 6 heteroatoms. The van der Waals surface area contributed by atoms with Gasteiger partial charge in [-0.25, -0.2) is 9.79 Å². The van der Waals surface area contributed by atoms with E-state index in [1.54, 1.807) is 0 Å². The lowest BCUT2D eigenvalue weighted by Crippen LogP contribution is -2.59. The molecular weight excluding hydrogens is 270 g/mol. The second kappa shape index (κ2) is 12.6. The molecule has 0 bridgehead atoms. The van der Waals surface area contributed by atoms with E-state index < -0.39 is 12.6 Å². The van der Waals surface area contributed by atoms with Crippen LogP contribution in [0, 0.1) is 0 Å². The lowest BCUT2D eigenvalue weighted by Gasteiger charge is -2.39. The van der Waals surface area contributed by atoms with E-state index in [9.17, 15) is 0 Å². The van der Waals surface area contributed by atoms with Crippen LogP contribution in [0.15, 0.2) is 4.99 Å². The third-order valence-electron chi connectivity index (χ3n) is 3.72. The third-order valence-corrected chi connectivity index (χ3v) is 3.72. The van der Waals surface area contributed by atoms with Crippen molar-refractivity contribution in [3.8, 4) is 0 Å². The molecule has 0 rings (SSSR count). The van der Waals surface area contributed by atoms with Crippen LogP contribution in [0.5, 0.6) is 0 Å². The number of quaternary nitrogens is 1. The molecule has 2 N–H and O–H groups in total. The van der Waals surface area contributed by atoms with Crippen LogP contribution in [0.2, 0.25) is 0 Å². The number of hydrogen-bond acceptors (Lipinski definition) is 3. The smallest absolute Gasteiger partial charge is 0.329 e. The summed E-state index contributed by atoms with van der Waals surface area (Å²) in [4.78, 5) is 16.3. The van der Waals surface area contributed by atoms with E-state index in [0.717, 1.165) is 43.8 Å². The number of aliphatic carboxylic acids is 1. The number of aliphatic imine (C=N–C) groups is 1. The maximum absolute atomic E-state index is 9.12. The summed E-state index contributed by atoms with van der Waals surface area (Å²) in [5, 5.41) is 15.0. The number of carboxylic acid groups (broad SMARTS) is 1. The first-order valence-electron chi connectivity index (χ1n) is 7.91. The summed E-state index contributed by atoms with van der Waals surface area (Å²) in [5.41, 5.74) is 0. The fourth-order valence-corrected chi connectivity index (χ4v) is 2.29. The largest absolute Gasteiger partial charge is 0.480 e. The second-order valence-electron chi connectivity index (χ2n) is 4.59. The molecule has 0 radical (unpaired) electrons. The molecule has 0 saturated heterocycles. The van der Waals surface area contributed by atoms with E-state index in [2.05, 4.69) is 46.4 Å². The summed E-state index contributed by atoms with van der Waals surface area (Å²) in [6, 6.07) is 0. The van der Waals surface area contributed by atoms with Gasteiger partial charge in [0.25, 0.3) is 5.96 Å². The molecular formula is C15H34N3O3+. The molecule has 0 aromatic rings. The first-order chi connectivity index (χ1) is 9.92. The van der Waals surface area contributed by atoms with Crippen LogP contribution in [0.4, 0.5) is 0 Å². The number of carboxylic acids is 1. The normalized spacial score (nSPS) is 11.7. The molecule has 0 saturated carbocycles. The summed E-state index contributed by atoms with van der Waals surface area (Å²) >= 11 is 0. The van der Waals surface area contributed by atoms with Crippen LogP contribution in [-0.4, -0.2) is 77.4 Å². The highest BCUT2D eigenvalue weighted by Gasteiger charge is 2.32. The molecule has 0 aromatic carbocycles. The molecule has 0 aliphatic heterocycles. The van der Waals surface area contributed by atoms with Gasteiger partial charge >= 0.3 is 5.97 Å². The van der Waals surface area contributed by atoms with Crippen molar-refractivity contribution in [2.45, 2.75) is 41.5 Å². The van der Waals surface area contributed by atoms with E-state index in [1.165, 1.54) is 5.96 Å². The van der Waals surface area contributed by atoms with Gasteiger partial charge in [-0.15, -0.1) is 0 Å². The van der Waals surface area contributed by atoms with Gasteiger partial charge in [0, 0.05) is 19.6 Å². The molecule has 6 nitrogen and oxygen atoms in total. The average Bonchev–Trinajstić information content (AvgIpc) is 2.51. The van der Waals surface area contributed by atoms with Gasteiger partial charge < -0.3 is 15.1 Å². The first kappa shape index (κ1) is 22.1. The molecule has 0 amide bonds. The second-order valence-corrected chi connectivity index (χ2v) is 4.59. The molecule has 21 heavy (non-hydrogen) atoms. The predicted octanol–water partition coefficient (Wildman–Crippen LogP) is 1.64. The van der Waals surface area contributed by atoms with Crippen molar-refractivity contribution in [2.75, 3.05) is 45.9 Å². The van der Waals surface area contributed by atoms with E-state index in [0.29, 0.717) is 0 Å². The van der Waals surface area contributed by atoms with E-state index in [1.807, 2.05) is 0 Å². The molecule has 0 atom stereocenters. The van der Waals surface area contributed by atoms with Gasteiger partial charge in [0.2, 0.25) is 0 Å². The van der Waals surface area contributed by atoms with Crippen molar-refractivity contribution < 1.29 is 19.5 Å². The number of rotatable bonds is 7. The molecule has 126 valence electrons. The van der Waals surface area contributed by atoms with Crippen LogP contribution in [-0.2, 0) is 4.79 Å². The van der Waals surface area contributed by atoms with Crippen LogP contribution in [0.3, 0.4) is 0 Å². The predicted molar refractivity (Wildman–Crippen MR) is 87.5 cm³/mol. The van der Waals surface area contributed by atoms with E-state index >= 15 is 0 Å². The summed E-state index contributed by atoms with van der Waals surface area (Å²) < 4.78 is 1.01. The number of carbonyl (C=O) groups is 1. The highest BCUT2D eigenvalue weighted by Crippen LogP contribution is 2.12. The zero-order chi connectivity index (χ0) is 16.9. The van der Waals surface area contributed by atoms with Crippen LogP contribution in [0.25, 0.3) is 0 Å². The number of aliphatic hydroxyl groups is 1. The van der Waals surface area contributed by atoms with Crippen LogP contribution in [0.1, 0.15) is 41.5 Å². The van der Waals surface area contributed by atoms with Gasteiger partial charge in [-0.05, 0) is 41.5 Å². The Balaban J connectivity index is 0. The Bertz CT molecular complexity index is 290. The zero-order valence-corrected chi connectivity index (χ0v) is 14.6. The van der Waals surface area contributed by atoms with Crippen LogP contribution < -0.4 is 0 Å². The van der Waals surface area contributed by atoms with E-state index in [4.69, 9.17) is 20.0 Å². The Morgan fingerprint density at radius 3 is 1.57 bits per heavy atom. The van der Waals surface area contributed by atoms with Gasteiger partial charge in [0.05, 0.1) is 19.6 Å². The molecule has 0 heterocycles. The Morgan fingerprint density at radius 1 is 1.00 bits per heavy atom. The SMILES string of the molecule is CCN=C(N(CC)CC)[N+](CC)(CC)CC.O=C(O)CO. The quantitative estimate of drug-likeness (QED) is 0.426. The van der Waals surface area contributed by atoms with Gasteiger partial charge in [-0.1, -0.05) is 0 Å². The van der Waals surface area contributed by atoms with Crippen molar-refractivity contribution in [1.82, 2.24) is 4.90 Å². The van der Waals surface area contributed by atoms with Crippen molar-refractivity contribution >= 4 is 11.9 Å². The Hall–Kier alpha value is -1.14. The topological polar surface area (TPSA) is 73.1 Å². The minimum absolute atomic E-state index is 0.778. The van der Waals surface area contributed by atoms with Gasteiger partial charge in [-0.3, -0.25) is 4.48 Å². The molecule has 0 fully saturated rings. The number of nitrogens with zero attached hydrogens (tertiary/aromatic N) is 3. The summed E-state index contributed by atoms with van der Waals surface area (Å²) in [7, 11) is 0. The maximum Gasteiger partial charge on any atom is 0.329 e. The Kier molecular flexibility index (Phi) is 13.3. The summed E-state index contributed by atoms with van der Waals surface area (Å²) in [6.07, 6.45) is 0. The van der Waals surface area contributed by atoms with Crippen LogP contribution >= 0.6 is 0 Å². The molecule has 0 aromatic heterocycles. The van der Waals surface area contributed by atoms with Gasteiger partial charge in [-0.2, -0.15) is 0 Å². The lowest BCUT2D eigenvalue weighted by molar-refractivity contribution is -0.841. The van der Waals surface area contributed by atoms with Gasteiger partial charge in [0.15, 0.2) is 0 Å². The van der Waals surface area contributed by atoms with Crippen molar-refractivity contribution in [3.63, 3.8) is 0 Å². The lowest BCUT2D eigenvalue weighted by atomic mass is 10.3. The Labute approximate surface area is 129 Å². The number of aliphatic hydroxyl groups excluding tert-OH is 1.